The third-order valence-corrected chi connectivity index (χ3v) is 1.03. The summed E-state index contributed by atoms with van der Waals surface area (Å²) < 4.78 is 4.50. The highest BCUT2D eigenvalue weighted by Crippen LogP contribution is 2.00. The molecule has 0 radical (unpaired) electrons. The smallest absolute Gasteiger partial charge is 0.225 e. The number of nitrogens with zero attached hydrogens (tertiary/aromatic N) is 1. The lowest BCUT2D eigenvalue weighted by Crippen LogP contribution is -2.09. The highest BCUT2D eigenvalue weighted by molar-refractivity contribution is 5.89. The Morgan fingerprint density at radius 1 is 1.90 bits per heavy atom. The van der Waals surface area contributed by atoms with Crippen LogP contribution in [0, 0.1) is 0 Å². The Bertz CT molecular complexity index is 206. The molecular formula is C6H8N2O2. The molecule has 0 aliphatic carbocycles. The Hall–Kier alpha value is -1.32. The molecule has 0 bridgehead atoms. The fourth-order valence-electron chi connectivity index (χ4n) is 0.508. The summed E-state index contributed by atoms with van der Waals surface area (Å²) in [5.41, 5.74) is 0. The van der Waals surface area contributed by atoms with Crippen LogP contribution in [0.25, 0.3) is 0 Å². The molecule has 0 fully saturated rings. The quantitative estimate of drug-likeness (QED) is 0.667. The maximum absolute atomic E-state index is 10.7. The minimum Gasteiger partial charge on any atom is -0.363 e. The van der Waals surface area contributed by atoms with Crippen molar-refractivity contribution in [1.29, 1.82) is 0 Å². The monoisotopic (exact) mass is 140 g/mol. The van der Waals surface area contributed by atoms with Crippen molar-refractivity contribution in [2.45, 2.75) is 13.3 Å². The first-order valence-corrected chi connectivity index (χ1v) is 3.03. The van der Waals surface area contributed by atoms with E-state index in [0.29, 0.717) is 12.2 Å². The first-order valence-electron chi connectivity index (χ1n) is 3.03. The third kappa shape index (κ3) is 1.58. The molecule has 0 aromatic carbocycles. The highest BCUT2D eigenvalue weighted by atomic mass is 16.5. The van der Waals surface area contributed by atoms with Crippen molar-refractivity contribution in [2.75, 3.05) is 5.32 Å². The Balaban J connectivity index is 2.48. The van der Waals surface area contributed by atoms with Crippen LogP contribution in [0.5, 0.6) is 0 Å². The average molecular weight is 140 g/mol. The van der Waals surface area contributed by atoms with E-state index < -0.39 is 0 Å². The van der Waals surface area contributed by atoms with Crippen molar-refractivity contribution in [3.05, 3.63) is 12.3 Å². The lowest BCUT2D eigenvalue weighted by Gasteiger charge is -1.94. The molecule has 0 saturated carbocycles. The van der Waals surface area contributed by atoms with Crippen molar-refractivity contribution < 1.29 is 9.32 Å². The molecule has 10 heavy (non-hydrogen) atoms. The number of nitrogens with one attached hydrogen (secondary N) is 1. The summed E-state index contributed by atoms with van der Waals surface area (Å²) >= 11 is 0. The van der Waals surface area contributed by atoms with E-state index in [4.69, 9.17) is 0 Å². The standard InChI is InChI=1S/C6H8N2O2/c1-2-6(9)7-5-3-4-10-8-5/h3-4H,2H2,1H3,(H,7,8,9). The van der Waals surface area contributed by atoms with Gasteiger partial charge in [-0.3, -0.25) is 4.79 Å². The van der Waals surface area contributed by atoms with Gasteiger partial charge in [-0.05, 0) is 0 Å². The molecule has 0 spiro atoms. The maximum atomic E-state index is 10.7. The molecule has 1 N–H and O–H groups in total. The van der Waals surface area contributed by atoms with Crippen molar-refractivity contribution >= 4 is 11.7 Å². The van der Waals surface area contributed by atoms with Crippen molar-refractivity contribution in [2.24, 2.45) is 0 Å². The van der Waals surface area contributed by atoms with Crippen LogP contribution in [0.4, 0.5) is 5.82 Å². The molecule has 1 rings (SSSR count). The average Bonchev–Trinajstić information content (AvgIpc) is 2.40. The fourth-order valence-corrected chi connectivity index (χ4v) is 0.508. The molecule has 0 unspecified atom stereocenters. The minimum absolute atomic E-state index is 0.0612. The van der Waals surface area contributed by atoms with Gasteiger partial charge >= 0.3 is 0 Å². The molecular weight excluding hydrogens is 132 g/mol. The Labute approximate surface area is 58.2 Å². The number of carbonyl (C=O) groups excluding carboxylic acids is 1. The molecule has 1 heterocycles. The summed E-state index contributed by atoms with van der Waals surface area (Å²) in [6.07, 6.45) is 1.86. The molecule has 0 atom stereocenters. The van der Waals surface area contributed by atoms with Crippen LogP contribution >= 0.6 is 0 Å². The molecule has 1 aromatic rings. The number of hydrogen-bond acceptors (Lipinski definition) is 3. The summed E-state index contributed by atoms with van der Waals surface area (Å²) in [6, 6.07) is 1.59. The number of rotatable bonds is 2. The largest absolute Gasteiger partial charge is 0.363 e. The van der Waals surface area contributed by atoms with Gasteiger partial charge in [0, 0.05) is 12.5 Å². The van der Waals surface area contributed by atoms with E-state index in [1.165, 1.54) is 6.26 Å². The molecule has 4 heteroatoms. The molecule has 1 amide bonds. The summed E-state index contributed by atoms with van der Waals surface area (Å²) in [4.78, 5) is 10.7. The zero-order chi connectivity index (χ0) is 7.40. The van der Waals surface area contributed by atoms with Crippen LogP contribution in [-0.4, -0.2) is 11.1 Å². The molecule has 1 aromatic heterocycles. The number of aromatic nitrogens is 1. The summed E-state index contributed by atoms with van der Waals surface area (Å²) in [7, 11) is 0. The van der Waals surface area contributed by atoms with Crippen LogP contribution in [0.1, 0.15) is 13.3 Å². The predicted molar refractivity (Wildman–Crippen MR) is 35.4 cm³/mol. The van der Waals surface area contributed by atoms with Gasteiger partial charge in [0.1, 0.15) is 6.26 Å². The lowest BCUT2D eigenvalue weighted by atomic mass is 10.4. The summed E-state index contributed by atoms with van der Waals surface area (Å²) in [6.45, 7) is 1.77. The summed E-state index contributed by atoms with van der Waals surface area (Å²) in [5.74, 6) is 0.403. The highest BCUT2D eigenvalue weighted by Gasteiger charge is 1.99. The van der Waals surface area contributed by atoms with Gasteiger partial charge in [-0.15, -0.1) is 0 Å². The van der Waals surface area contributed by atoms with Gasteiger partial charge < -0.3 is 9.84 Å². The zero-order valence-corrected chi connectivity index (χ0v) is 5.63. The van der Waals surface area contributed by atoms with E-state index in [1.807, 2.05) is 0 Å². The molecule has 54 valence electrons. The van der Waals surface area contributed by atoms with E-state index in [0.717, 1.165) is 0 Å². The van der Waals surface area contributed by atoms with Gasteiger partial charge in [0.05, 0.1) is 0 Å². The van der Waals surface area contributed by atoms with E-state index in [-0.39, 0.29) is 5.91 Å². The van der Waals surface area contributed by atoms with Gasteiger partial charge in [-0.25, -0.2) is 0 Å². The van der Waals surface area contributed by atoms with Gasteiger partial charge in [-0.2, -0.15) is 0 Å². The van der Waals surface area contributed by atoms with Crippen LogP contribution in [-0.2, 0) is 4.79 Å². The summed E-state index contributed by atoms with van der Waals surface area (Å²) in [5, 5.41) is 6.02. The van der Waals surface area contributed by atoms with Gasteiger partial charge in [0.25, 0.3) is 0 Å². The molecule has 0 aliphatic rings. The lowest BCUT2D eigenvalue weighted by molar-refractivity contribution is -0.115. The van der Waals surface area contributed by atoms with Crippen LogP contribution in [0.3, 0.4) is 0 Å². The second-order valence-corrected chi connectivity index (χ2v) is 1.79. The first-order chi connectivity index (χ1) is 4.83. The van der Waals surface area contributed by atoms with Crippen LogP contribution in [0.2, 0.25) is 0 Å². The van der Waals surface area contributed by atoms with Gasteiger partial charge in [0.15, 0.2) is 5.82 Å². The molecule has 0 saturated heterocycles. The van der Waals surface area contributed by atoms with Crippen molar-refractivity contribution in [3.63, 3.8) is 0 Å². The zero-order valence-electron chi connectivity index (χ0n) is 5.63. The topological polar surface area (TPSA) is 55.1 Å². The van der Waals surface area contributed by atoms with Crippen LogP contribution < -0.4 is 5.32 Å². The maximum Gasteiger partial charge on any atom is 0.225 e. The fraction of sp³-hybridized carbons (Fsp3) is 0.333. The van der Waals surface area contributed by atoms with Gasteiger partial charge in [-0.1, -0.05) is 12.1 Å². The van der Waals surface area contributed by atoms with Gasteiger partial charge in [0.2, 0.25) is 5.91 Å². The van der Waals surface area contributed by atoms with Crippen LogP contribution in [0.15, 0.2) is 16.9 Å². The number of carbonyl (C=O) groups is 1. The Kier molecular flexibility index (Phi) is 2.04. The number of amides is 1. The second kappa shape index (κ2) is 3.00. The number of hydrogen-bond donors (Lipinski definition) is 1. The molecule has 0 aliphatic heterocycles. The molecule has 4 nitrogen and oxygen atoms in total. The van der Waals surface area contributed by atoms with Crippen molar-refractivity contribution in [3.8, 4) is 0 Å². The minimum atomic E-state index is -0.0612. The second-order valence-electron chi connectivity index (χ2n) is 1.79. The van der Waals surface area contributed by atoms with E-state index >= 15 is 0 Å². The first kappa shape index (κ1) is 6.80. The normalized spacial score (nSPS) is 9.30. The Morgan fingerprint density at radius 3 is 3.20 bits per heavy atom. The number of anilines is 1. The predicted octanol–water partition coefficient (Wildman–Crippen LogP) is 1.02. The Morgan fingerprint density at radius 2 is 2.70 bits per heavy atom. The SMILES string of the molecule is CCC(=O)Nc1ccon1. The van der Waals surface area contributed by atoms with E-state index in [2.05, 4.69) is 15.0 Å². The van der Waals surface area contributed by atoms with E-state index in [9.17, 15) is 4.79 Å². The van der Waals surface area contributed by atoms with Crippen molar-refractivity contribution in [1.82, 2.24) is 5.16 Å². The third-order valence-electron chi connectivity index (χ3n) is 1.03. The van der Waals surface area contributed by atoms with E-state index in [1.54, 1.807) is 13.0 Å².